The minimum Gasteiger partial charge on any atom is -0.294 e. The molecule has 0 fully saturated rings. The number of carbonyl (C=O) groups is 1. The van der Waals surface area contributed by atoms with E-state index in [2.05, 4.69) is 5.10 Å². The van der Waals surface area contributed by atoms with Crippen molar-refractivity contribution in [3.05, 3.63) is 17.0 Å². The Kier molecular flexibility index (Phi) is 2.40. The van der Waals surface area contributed by atoms with Gasteiger partial charge in [0.2, 0.25) is 0 Å². The molecule has 3 heteroatoms. The van der Waals surface area contributed by atoms with Crippen molar-refractivity contribution >= 4 is 5.78 Å². The molecule has 0 aliphatic carbocycles. The summed E-state index contributed by atoms with van der Waals surface area (Å²) < 4.78 is 2.02. The molecule has 0 saturated heterocycles. The largest absolute Gasteiger partial charge is 0.294 e. The predicted molar refractivity (Wildman–Crippen MR) is 54.5 cm³/mol. The Morgan fingerprint density at radius 3 is 3.00 bits per heavy atom. The molecule has 0 amide bonds. The normalized spacial score (nSPS) is 15.3. The molecule has 0 saturated carbocycles. The van der Waals surface area contributed by atoms with Gasteiger partial charge in [-0.3, -0.25) is 9.48 Å². The first kappa shape index (κ1) is 9.44. The lowest BCUT2D eigenvalue weighted by molar-refractivity contribution is 0.0986. The predicted octanol–water partition coefficient (Wildman–Crippen LogP) is 2.12. The Bertz CT molecular complexity index is 366. The van der Waals surface area contributed by atoms with Gasteiger partial charge in [-0.25, -0.2) is 0 Å². The van der Waals surface area contributed by atoms with Gasteiger partial charge in [-0.05, 0) is 26.2 Å². The van der Waals surface area contributed by atoms with Crippen molar-refractivity contribution in [1.29, 1.82) is 0 Å². The molecular formula is C11H16N2O. The molecule has 0 bridgehead atoms. The van der Waals surface area contributed by atoms with Gasteiger partial charge >= 0.3 is 0 Å². The highest BCUT2D eigenvalue weighted by molar-refractivity contribution is 5.98. The first-order chi connectivity index (χ1) is 6.74. The van der Waals surface area contributed by atoms with E-state index in [1.165, 1.54) is 18.5 Å². The molecule has 1 aromatic heterocycles. The van der Waals surface area contributed by atoms with Crippen LogP contribution in [0.3, 0.4) is 0 Å². The van der Waals surface area contributed by atoms with E-state index in [0.717, 1.165) is 24.2 Å². The van der Waals surface area contributed by atoms with Crippen LogP contribution in [0.5, 0.6) is 0 Å². The van der Waals surface area contributed by atoms with E-state index in [1.807, 2.05) is 18.5 Å². The highest BCUT2D eigenvalue weighted by Crippen LogP contribution is 2.22. The van der Waals surface area contributed by atoms with Gasteiger partial charge in [-0.2, -0.15) is 5.10 Å². The number of fused-ring (bicyclic) bond motifs is 1. The van der Waals surface area contributed by atoms with Crippen LogP contribution in [-0.4, -0.2) is 15.6 Å². The average molecular weight is 192 g/mol. The zero-order chi connectivity index (χ0) is 10.1. The first-order valence-electron chi connectivity index (χ1n) is 5.33. The average Bonchev–Trinajstić information content (AvgIpc) is 2.53. The fourth-order valence-electron chi connectivity index (χ4n) is 2.16. The quantitative estimate of drug-likeness (QED) is 0.673. The van der Waals surface area contributed by atoms with Gasteiger partial charge < -0.3 is 0 Å². The van der Waals surface area contributed by atoms with Crippen molar-refractivity contribution in [2.45, 2.75) is 46.1 Å². The first-order valence-corrected chi connectivity index (χ1v) is 5.33. The number of aryl methyl sites for hydroxylation is 2. The maximum Gasteiger partial charge on any atom is 0.166 e. The summed E-state index contributed by atoms with van der Waals surface area (Å²) in [6.07, 6.45) is 3.98. The zero-order valence-corrected chi connectivity index (χ0v) is 8.84. The minimum atomic E-state index is 0.241. The Morgan fingerprint density at radius 2 is 2.29 bits per heavy atom. The van der Waals surface area contributed by atoms with E-state index in [1.54, 1.807) is 0 Å². The molecule has 0 radical (unpaired) electrons. The Hall–Kier alpha value is -1.12. The number of aromatic nitrogens is 2. The SMILES string of the molecule is CCC(=O)c1c(C)nn2c1CCCC2. The maximum absolute atomic E-state index is 11.7. The molecule has 0 unspecified atom stereocenters. The molecule has 2 heterocycles. The van der Waals surface area contributed by atoms with Crippen LogP contribution >= 0.6 is 0 Å². The standard InChI is InChI=1S/C11H16N2O/c1-3-10(14)11-8(2)12-13-7-5-4-6-9(11)13/h3-7H2,1-2H3. The highest BCUT2D eigenvalue weighted by Gasteiger charge is 2.21. The third kappa shape index (κ3) is 1.37. The number of Topliss-reactive ketones (excluding diaryl/α,β-unsaturated/α-hetero) is 1. The highest BCUT2D eigenvalue weighted by atomic mass is 16.1. The molecule has 3 nitrogen and oxygen atoms in total. The Labute approximate surface area is 84.1 Å². The smallest absolute Gasteiger partial charge is 0.166 e. The van der Waals surface area contributed by atoms with Crippen LogP contribution in [-0.2, 0) is 13.0 Å². The molecule has 1 aliphatic heterocycles. The lowest BCUT2D eigenvalue weighted by Crippen LogP contribution is -2.13. The molecule has 0 atom stereocenters. The molecule has 14 heavy (non-hydrogen) atoms. The van der Waals surface area contributed by atoms with E-state index >= 15 is 0 Å². The molecular weight excluding hydrogens is 176 g/mol. The topological polar surface area (TPSA) is 34.9 Å². The maximum atomic E-state index is 11.7. The number of rotatable bonds is 2. The van der Waals surface area contributed by atoms with E-state index in [-0.39, 0.29) is 5.78 Å². The molecule has 0 N–H and O–H groups in total. The lowest BCUT2D eigenvalue weighted by Gasteiger charge is -2.13. The molecule has 0 aromatic carbocycles. The van der Waals surface area contributed by atoms with E-state index in [4.69, 9.17) is 0 Å². The zero-order valence-electron chi connectivity index (χ0n) is 8.84. The van der Waals surface area contributed by atoms with Crippen molar-refractivity contribution < 1.29 is 4.79 Å². The Balaban J connectivity index is 2.47. The van der Waals surface area contributed by atoms with Gasteiger partial charge in [0.05, 0.1) is 11.3 Å². The van der Waals surface area contributed by atoms with Crippen LogP contribution in [0, 0.1) is 6.92 Å². The van der Waals surface area contributed by atoms with Crippen molar-refractivity contribution in [1.82, 2.24) is 9.78 Å². The fourth-order valence-corrected chi connectivity index (χ4v) is 2.16. The van der Waals surface area contributed by atoms with Gasteiger partial charge in [0, 0.05) is 18.7 Å². The van der Waals surface area contributed by atoms with Gasteiger partial charge in [-0.15, -0.1) is 0 Å². The van der Waals surface area contributed by atoms with E-state index < -0.39 is 0 Å². The third-order valence-electron chi connectivity index (χ3n) is 2.87. The summed E-state index contributed by atoms with van der Waals surface area (Å²) in [4.78, 5) is 11.7. The second-order valence-electron chi connectivity index (χ2n) is 3.86. The number of hydrogen-bond acceptors (Lipinski definition) is 2. The monoisotopic (exact) mass is 192 g/mol. The minimum absolute atomic E-state index is 0.241. The lowest BCUT2D eigenvalue weighted by atomic mass is 10.0. The van der Waals surface area contributed by atoms with E-state index in [9.17, 15) is 4.79 Å². The fraction of sp³-hybridized carbons (Fsp3) is 0.636. The van der Waals surface area contributed by atoms with Gasteiger partial charge in [0.15, 0.2) is 5.78 Å². The number of nitrogens with zero attached hydrogens (tertiary/aromatic N) is 2. The van der Waals surface area contributed by atoms with Crippen LogP contribution in [0.25, 0.3) is 0 Å². The van der Waals surface area contributed by atoms with Crippen molar-refractivity contribution in [2.75, 3.05) is 0 Å². The van der Waals surface area contributed by atoms with Crippen LogP contribution in [0.1, 0.15) is 47.9 Å². The van der Waals surface area contributed by atoms with Crippen LogP contribution in [0.4, 0.5) is 0 Å². The van der Waals surface area contributed by atoms with Gasteiger partial charge in [0.1, 0.15) is 0 Å². The van der Waals surface area contributed by atoms with Crippen molar-refractivity contribution in [2.24, 2.45) is 0 Å². The molecule has 1 aromatic rings. The second-order valence-corrected chi connectivity index (χ2v) is 3.86. The summed E-state index contributed by atoms with van der Waals surface area (Å²) >= 11 is 0. The number of hydrogen-bond donors (Lipinski definition) is 0. The summed E-state index contributed by atoms with van der Waals surface area (Å²) in [7, 11) is 0. The van der Waals surface area contributed by atoms with Gasteiger partial charge in [0.25, 0.3) is 0 Å². The van der Waals surface area contributed by atoms with Crippen LogP contribution in [0.2, 0.25) is 0 Å². The number of carbonyl (C=O) groups excluding carboxylic acids is 1. The molecule has 1 aliphatic rings. The summed E-state index contributed by atoms with van der Waals surface area (Å²) in [5.74, 6) is 0.241. The second kappa shape index (κ2) is 3.56. The van der Waals surface area contributed by atoms with Crippen molar-refractivity contribution in [3.63, 3.8) is 0 Å². The summed E-state index contributed by atoms with van der Waals surface area (Å²) in [6.45, 7) is 4.83. The van der Waals surface area contributed by atoms with E-state index in [0.29, 0.717) is 6.42 Å². The van der Waals surface area contributed by atoms with Crippen molar-refractivity contribution in [3.8, 4) is 0 Å². The summed E-state index contributed by atoms with van der Waals surface area (Å²) in [5.41, 5.74) is 2.97. The van der Waals surface area contributed by atoms with Gasteiger partial charge in [-0.1, -0.05) is 6.92 Å². The third-order valence-corrected chi connectivity index (χ3v) is 2.87. The molecule has 2 rings (SSSR count). The molecule has 76 valence electrons. The summed E-state index contributed by atoms with van der Waals surface area (Å²) in [5, 5.41) is 4.42. The Morgan fingerprint density at radius 1 is 1.50 bits per heavy atom. The number of ketones is 1. The van der Waals surface area contributed by atoms with Crippen LogP contribution < -0.4 is 0 Å². The molecule has 0 spiro atoms. The summed E-state index contributed by atoms with van der Waals surface area (Å²) in [6, 6.07) is 0. The van der Waals surface area contributed by atoms with Crippen LogP contribution in [0.15, 0.2) is 0 Å².